The lowest BCUT2D eigenvalue weighted by Gasteiger charge is -2.21. The van der Waals surface area contributed by atoms with E-state index in [1.165, 1.54) is 12.1 Å². The maximum absolute atomic E-state index is 13.5. The summed E-state index contributed by atoms with van der Waals surface area (Å²) in [5, 5.41) is 14.0. The quantitative estimate of drug-likeness (QED) is 0.338. The Balaban J connectivity index is 3.02. The predicted octanol–water partition coefficient (Wildman–Crippen LogP) is 2.29. The third-order valence-corrected chi connectivity index (χ3v) is 3.11. The predicted molar refractivity (Wildman–Crippen MR) is 71.6 cm³/mol. The average molecular weight is 267 g/mol. The molecule has 0 atom stereocenters. The zero-order valence-corrected chi connectivity index (χ0v) is 11.2. The Morgan fingerprint density at radius 3 is 2.68 bits per heavy atom. The van der Waals surface area contributed by atoms with Crippen molar-refractivity contribution in [2.45, 2.75) is 27.2 Å². The van der Waals surface area contributed by atoms with Crippen LogP contribution in [0.3, 0.4) is 0 Å². The number of nitrogens with two attached hydrogens (primary N) is 1. The fraction of sp³-hybridized carbons (Fsp3) is 0.385. The fourth-order valence-corrected chi connectivity index (χ4v) is 1.31. The van der Waals surface area contributed by atoms with Crippen molar-refractivity contribution in [3.63, 3.8) is 0 Å². The molecule has 6 heteroatoms. The van der Waals surface area contributed by atoms with Gasteiger partial charge in [-0.25, -0.2) is 4.39 Å². The summed E-state index contributed by atoms with van der Waals surface area (Å²) < 4.78 is 13.5. The average Bonchev–Trinajstić information content (AvgIpc) is 2.39. The van der Waals surface area contributed by atoms with Crippen LogP contribution in [0, 0.1) is 11.2 Å². The molecule has 1 rings (SSSR count). The Hall–Kier alpha value is -2.11. The van der Waals surface area contributed by atoms with Crippen molar-refractivity contribution >= 4 is 17.4 Å². The van der Waals surface area contributed by atoms with Gasteiger partial charge in [0.15, 0.2) is 5.84 Å². The van der Waals surface area contributed by atoms with Crippen LogP contribution in [0.4, 0.5) is 10.1 Å². The highest BCUT2D eigenvalue weighted by molar-refractivity contribution is 6.00. The zero-order chi connectivity index (χ0) is 14.6. The molecule has 4 N–H and O–H groups in total. The van der Waals surface area contributed by atoms with E-state index in [0.717, 1.165) is 6.07 Å². The number of halogens is 1. The minimum atomic E-state index is -0.622. The van der Waals surface area contributed by atoms with Crippen molar-refractivity contribution in [2.75, 3.05) is 5.32 Å². The molecule has 0 aliphatic rings. The zero-order valence-electron chi connectivity index (χ0n) is 11.2. The molecule has 1 amide bonds. The van der Waals surface area contributed by atoms with Crippen LogP contribution in [-0.4, -0.2) is 17.0 Å². The van der Waals surface area contributed by atoms with E-state index < -0.39 is 11.2 Å². The summed E-state index contributed by atoms with van der Waals surface area (Å²) in [7, 11) is 0. The van der Waals surface area contributed by atoms with Crippen LogP contribution in [0.5, 0.6) is 0 Å². The van der Waals surface area contributed by atoms with Gasteiger partial charge in [-0.2, -0.15) is 0 Å². The first-order valence-corrected chi connectivity index (χ1v) is 5.90. The molecule has 5 nitrogen and oxygen atoms in total. The number of carbonyl (C=O) groups excluding carboxylic acids is 1. The van der Waals surface area contributed by atoms with Gasteiger partial charge in [-0.05, 0) is 24.6 Å². The van der Waals surface area contributed by atoms with Gasteiger partial charge in [0.25, 0.3) is 0 Å². The number of rotatable bonds is 4. The molecule has 0 spiro atoms. The summed E-state index contributed by atoms with van der Waals surface area (Å²) in [4.78, 5) is 12.0. The Morgan fingerprint density at radius 1 is 1.53 bits per heavy atom. The molecule has 0 heterocycles. The number of amidine groups is 1. The fourth-order valence-electron chi connectivity index (χ4n) is 1.31. The molecular weight excluding hydrogens is 249 g/mol. The summed E-state index contributed by atoms with van der Waals surface area (Å²) in [5.74, 6) is -1.14. The number of oxime groups is 1. The molecule has 0 radical (unpaired) electrons. The first kappa shape index (κ1) is 14.9. The van der Waals surface area contributed by atoms with Gasteiger partial charge in [0, 0.05) is 11.1 Å². The van der Waals surface area contributed by atoms with Gasteiger partial charge in [-0.3, -0.25) is 4.79 Å². The van der Waals surface area contributed by atoms with Crippen molar-refractivity contribution in [3.8, 4) is 0 Å². The lowest BCUT2D eigenvalue weighted by Crippen LogP contribution is -2.30. The highest BCUT2D eigenvalue weighted by Crippen LogP contribution is 2.23. The molecule has 0 aromatic heterocycles. The topological polar surface area (TPSA) is 87.7 Å². The lowest BCUT2D eigenvalue weighted by molar-refractivity contribution is -0.124. The molecule has 0 saturated carbocycles. The molecule has 19 heavy (non-hydrogen) atoms. The number of hydrogen-bond acceptors (Lipinski definition) is 3. The Bertz CT molecular complexity index is 513. The highest BCUT2D eigenvalue weighted by atomic mass is 19.1. The first-order chi connectivity index (χ1) is 8.81. The molecular formula is C13H18FN3O2. The van der Waals surface area contributed by atoms with Crippen LogP contribution >= 0.6 is 0 Å². The van der Waals surface area contributed by atoms with Crippen molar-refractivity contribution < 1.29 is 14.4 Å². The second kappa shape index (κ2) is 5.69. The van der Waals surface area contributed by atoms with Crippen LogP contribution in [0.2, 0.25) is 0 Å². The summed E-state index contributed by atoms with van der Waals surface area (Å²) in [6.07, 6.45) is 0.674. The van der Waals surface area contributed by atoms with Crippen LogP contribution in [-0.2, 0) is 4.79 Å². The summed E-state index contributed by atoms with van der Waals surface area (Å²) in [5.41, 5.74) is 5.17. The highest BCUT2D eigenvalue weighted by Gasteiger charge is 2.25. The molecule has 1 aromatic rings. The van der Waals surface area contributed by atoms with E-state index in [0.29, 0.717) is 12.1 Å². The Morgan fingerprint density at radius 2 is 2.16 bits per heavy atom. The monoisotopic (exact) mass is 267 g/mol. The molecule has 0 unspecified atom stereocenters. The second-order valence-corrected chi connectivity index (χ2v) is 4.87. The van der Waals surface area contributed by atoms with Crippen molar-refractivity contribution in [2.24, 2.45) is 16.3 Å². The van der Waals surface area contributed by atoms with Gasteiger partial charge in [0.1, 0.15) is 5.82 Å². The third kappa shape index (κ3) is 3.43. The smallest absolute Gasteiger partial charge is 0.230 e. The molecule has 1 aromatic carbocycles. The molecule has 0 saturated heterocycles. The maximum Gasteiger partial charge on any atom is 0.230 e. The molecule has 0 bridgehead atoms. The number of nitrogens with zero attached hydrogens (tertiary/aromatic N) is 1. The lowest BCUT2D eigenvalue weighted by atomic mass is 9.89. The number of benzene rings is 1. The van der Waals surface area contributed by atoms with Gasteiger partial charge in [-0.15, -0.1) is 0 Å². The summed E-state index contributed by atoms with van der Waals surface area (Å²) in [6, 6.07) is 3.91. The largest absolute Gasteiger partial charge is 0.409 e. The van der Waals surface area contributed by atoms with E-state index in [9.17, 15) is 9.18 Å². The van der Waals surface area contributed by atoms with E-state index in [1.807, 2.05) is 20.8 Å². The minimum absolute atomic E-state index is 0.0606. The Labute approximate surface area is 111 Å². The van der Waals surface area contributed by atoms with Crippen LogP contribution < -0.4 is 11.1 Å². The molecule has 0 aliphatic carbocycles. The van der Waals surface area contributed by atoms with Crippen LogP contribution in [0.15, 0.2) is 23.4 Å². The van der Waals surface area contributed by atoms with Gasteiger partial charge in [-0.1, -0.05) is 25.9 Å². The van der Waals surface area contributed by atoms with E-state index in [-0.39, 0.29) is 17.3 Å². The van der Waals surface area contributed by atoms with Crippen molar-refractivity contribution in [1.29, 1.82) is 0 Å². The number of hydrogen-bond donors (Lipinski definition) is 3. The van der Waals surface area contributed by atoms with Gasteiger partial charge in [0.2, 0.25) is 5.91 Å². The summed E-state index contributed by atoms with van der Waals surface area (Å²) >= 11 is 0. The molecule has 0 aliphatic heterocycles. The molecule has 0 fully saturated rings. The first-order valence-electron chi connectivity index (χ1n) is 5.90. The van der Waals surface area contributed by atoms with E-state index in [4.69, 9.17) is 10.9 Å². The van der Waals surface area contributed by atoms with Crippen LogP contribution in [0.1, 0.15) is 32.8 Å². The number of carbonyl (C=O) groups is 1. The second-order valence-electron chi connectivity index (χ2n) is 4.87. The third-order valence-electron chi connectivity index (χ3n) is 3.11. The standard InChI is InChI=1S/C13H18FN3O2/c1-4-13(2,3)12(18)16-8-5-6-10(14)9(7-8)11(15)17-19/h5-7,19H,4H2,1-3H3,(H2,15,17)(H,16,18). The summed E-state index contributed by atoms with van der Waals surface area (Å²) in [6.45, 7) is 5.54. The maximum atomic E-state index is 13.5. The number of amides is 1. The van der Waals surface area contributed by atoms with Crippen LogP contribution in [0.25, 0.3) is 0 Å². The normalized spacial score (nSPS) is 12.3. The SMILES string of the molecule is CCC(C)(C)C(=O)Nc1ccc(F)c(C(N)=NO)c1. The number of anilines is 1. The Kier molecular flexibility index (Phi) is 4.47. The van der Waals surface area contributed by atoms with E-state index >= 15 is 0 Å². The number of nitrogens with one attached hydrogen (secondary N) is 1. The molecule has 104 valence electrons. The van der Waals surface area contributed by atoms with Gasteiger partial charge in [0.05, 0.1) is 5.56 Å². The minimum Gasteiger partial charge on any atom is -0.409 e. The van der Waals surface area contributed by atoms with Crippen molar-refractivity contribution in [1.82, 2.24) is 0 Å². The van der Waals surface area contributed by atoms with E-state index in [1.54, 1.807) is 0 Å². The van der Waals surface area contributed by atoms with Gasteiger partial charge < -0.3 is 16.3 Å². The van der Waals surface area contributed by atoms with Crippen molar-refractivity contribution in [3.05, 3.63) is 29.6 Å². The van der Waals surface area contributed by atoms with Gasteiger partial charge >= 0.3 is 0 Å². The van der Waals surface area contributed by atoms with E-state index in [2.05, 4.69) is 10.5 Å².